The lowest BCUT2D eigenvalue weighted by Crippen LogP contribution is -2.46. The lowest BCUT2D eigenvalue weighted by Gasteiger charge is -2.35. The Morgan fingerprint density at radius 1 is 1.11 bits per heavy atom. The molecule has 1 saturated heterocycles. The first-order chi connectivity index (χ1) is 12.2. The van der Waals surface area contributed by atoms with Crippen LogP contribution in [0.5, 0.6) is 0 Å². The summed E-state index contributed by atoms with van der Waals surface area (Å²) in [7, 11) is 0. The van der Waals surface area contributed by atoms with Crippen molar-refractivity contribution in [3.63, 3.8) is 0 Å². The number of carbonyl (C=O) groups excluding carboxylic acids is 1. The molecule has 1 amide bonds. The Labute approximate surface area is 174 Å². The van der Waals surface area contributed by atoms with E-state index in [4.69, 9.17) is 4.98 Å². The minimum Gasteiger partial charge on any atom is -0.336 e. The van der Waals surface area contributed by atoms with E-state index in [2.05, 4.69) is 17.1 Å². The lowest BCUT2D eigenvalue weighted by molar-refractivity contribution is 0.0641. The molecular formula is C21H29Cl2N3O. The van der Waals surface area contributed by atoms with Gasteiger partial charge in [-0.25, -0.2) is 0 Å². The van der Waals surface area contributed by atoms with Crippen LogP contribution in [0.15, 0.2) is 42.5 Å². The molecule has 1 fully saturated rings. The van der Waals surface area contributed by atoms with E-state index in [0.717, 1.165) is 61.4 Å². The second-order valence-electron chi connectivity index (χ2n) is 6.68. The van der Waals surface area contributed by atoms with E-state index in [9.17, 15) is 4.79 Å². The van der Waals surface area contributed by atoms with E-state index in [1.165, 1.54) is 0 Å². The summed E-state index contributed by atoms with van der Waals surface area (Å²) in [6.07, 6.45) is 3.03. The van der Waals surface area contributed by atoms with E-state index in [0.29, 0.717) is 6.04 Å². The minimum absolute atomic E-state index is 0. The highest BCUT2D eigenvalue weighted by Gasteiger charge is 2.26. The van der Waals surface area contributed by atoms with Crippen LogP contribution in [0.25, 0.3) is 11.3 Å². The van der Waals surface area contributed by atoms with E-state index in [-0.39, 0.29) is 30.7 Å². The minimum atomic E-state index is 0. The standard InChI is InChI=1S/C21H27N3O.2ClH/c1-3-15-24(18-11-13-22-14-12-18)21(25)19-9-10-20(23-16(19)2)17-7-5-4-6-8-17;;/h4-10,18,22H,3,11-15H2,1-2H3;2*1H. The highest BCUT2D eigenvalue weighted by molar-refractivity contribution is 5.95. The monoisotopic (exact) mass is 409 g/mol. The Bertz CT molecular complexity index is 719. The van der Waals surface area contributed by atoms with Gasteiger partial charge in [-0.15, -0.1) is 24.8 Å². The SMILES string of the molecule is CCCN(C(=O)c1ccc(-c2ccccc2)nc1C)C1CCNCC1.Cl.Cl. The molecule has 1 aliphatic rings. The van der Waals surface area contributed by atoms with Crippen LogP contribution in [0.4, 0.5) is 0 Å². The summed E-state index contributed by atoms with van der Waals surface area (Å²) in [6, 6.07) is 14.3. The van der Waals surface area contributed by atoms with E-state index < -0.39 is 0 Å². The molecule has 0 spiro atoms. The van der Waals surface area contributed by atoms with Gasteiger partial charge < -0.3 is 10.2 Å². The quantitative estimate of drug-likeness (QED) is 0.789. The van der Waals surface area contributed by atoms with Crippen molar-refractivity contribution in [1.82, 2.24) is 15.2 Å². The number of hydrogen-bond acceptors (Lipinski definition) is 3. The zero-order chi connectivity index (χ0) is 17.6. The van der Waals surface area contributed by atoms with E-state index >= 15 is 0 Å². The predicted molar refractivity (Wildman–Crippen MR) is 116 cm³/mol. The van der Waals surface area contributed by atoms with Crippen molar-refractivity contribution in [2.75, 3.05) is 19.6 Å². The third kappa shape index (κ3) is 5.68. The third-order valence-electron chi connectivity index (χ3n) is 4.86. The molecular weight excluding hydrogens is 381 g/mol. The van der Waals surface area contributed by atoms with Gasteiger partial charge in [0.15, 0.2) is 0 Å². The molecule has 0 radical (unpaired) electrons. The van der Waals surface area contributed by atoms with Crippen LogP contribution >= 0.6 is 24.8 Å². The van der Waals surface area contributed by atoms with Gasteiger partial charge in [0.05, 0.1) is 17.0 Å². The Hall–Kier alpha value is -1.62. The molecule has 1 aromatic carbocycles. The van der Waals surface area contributed by atoms with Crippen molar-refractivity contribution >= 4 is 30.7 Å². The number of carbonyl (C=O) groups is 1. The molecule has 0 aliphatic carbocycles. The van der Waals surface area contributed by atoms with Crippen LogP contribution in [0, 0.1) is 6.92 Å². The molecule has 0 bridgehead atoms. The molecule has 2 aromatic rings. The average Bonchev–Trinajstić information content (AvgIpc) is 2.67. The second kappa shape index (κ2) is 11.3. The van der Waals surface area contributed by atoms with Gasteiger partial charge in [-0.2, -0.15) is 0 Å². The molecule has 0 atom stereocenters. The Morgan fingerprint density at radius 2 is 1.78 bits per heavy atom. The van der Waals surface area contributed by atoms with E-state index in [1.807, 2.05) is 49.4 Å². The second-order valence-corrected chi connectivity index (χ2v) is 6.68. The van der Waals surface area contributed by atoms with Crippen molar-refractivity contribution < 1.29 is 4.79 Å². The van der Waals surface area contributed by atoms with Crippen LogP contribution in [-0.2, 0) is 0 Å². The predicted octanol–water partition coefficient (Wildman–Crippen LogP) is 4.50. The van der Waals surface area contributed by atoms with Crippen LogP contribution < -0.4 is 5.32 Å². The molecule has 1 N–H and O–H groups in total. The molecule has 4 nitrogen and oxygen atoms in total. The molecule has 6 heteroatoms. The molecule has 148 valence electrons. The van der Waals surface area contributed by atoms with Crippen molar-refractivity contribution in [3.8, 4) is 11.3 Å². The summed E-state index contributed by atoms with van der Waals surface area (Å²) in [4.78, 5) is 19.9. The number of nitrogens with one attached hydrogen (secondary N) is 1. The summed E-state index contributed by atoms with van der Waals surface area (Å²) in [5, 5.41) is 3.38. The molecule has 1 aliphatic heterocycles. The molecule has 2 heterocycles. The smallest absolute Gasteiger partial charge is 0.255 e. The fourth-order valence-corrected chi connectivity index (χ4v) is 3.52. The first kappa shape index (κ1) is 23.4. The van der Waals surface area contributed by atoms with E-state index in [1.54, 1.807) is 0 Å². The zero-order valence-electron chi connectivity index (χ0n) is 16.0. The van der Waals surface area contributed by atoms with Gasteiger partial charge in [0.1, 0.15) is 0 Å². The van der Waals surface area contributed by atoms with Crippen LogP contribution in [-0.4, -0.2) is 41.5 Å². The number of rotatable bonds is 5. The molecule has 0 unspecified atom stereocenters. The number of benzene rings is 1. The van der Waals surface area contributed by atoms with Gasteiger partial charge >= 0.3 is 0 Å². The topological polar surface area (TPSA) is 45.2 Å². The maximum Gasteiger partial charge on any atom is 0.255 e. The Balaban J connectivity index is 0.00000182. The number of aryl methyl sites for hydroxylation is 1. The van der Waals surface area contributed by atoms with Crippen molar-refractivity contribution in [1.29, 1.82) is 0 Å². The van der Waals surface area contributed by atoms with Gasteiger partial charge in [-0.05, 0) is 51.4 Å². The molecule has 27 heavy (non-hydrogen) atoms. The number of pyridine rings is 1. The van der Waals surface area contributed by atoms with Crippen LogP contribution in [0.2, 0.25) is 0 Å². The highest BCUT2D eigenvalue weighted by atomic mass is 35.5. The van der Waals surface area contributed by atoms with Crippen LogP contribution in [0.1, 0.15) is 42.2 Å². The number of aromatic nitrogens is 1. The summed E-state index contributed by atoms with van der Waals surface area (Å²) in [5.74, 6) is 0.123. The fraction of sp³-hybridized carbons (Fsp3) is 0.429. The third-order valence-corrected chi connectivity index (χ3v) is 4.86. The van der Waals surface area contributed by atoms with Crippen molar-refractivity contribution in [2.24, 2.45) is 0 Å². The maximum atomic E-state index is 13.2. The largest absolute Gasteiger partial charge is 0.336 e. The lowest BCUT2D eigenvalue weighted by atomic mass is 10.0. The van der Waals surface area contributed by atoms with Crippen LogP contribution in [0.3, 0.4) is 0 Å². The van der Waals surface area contributed by atoms with Crippen molar-refractivity contribution in [2.45, 2.75) is 39.2 Å². The average molecular weight is 410 g/mol. The summed E-state index contributed by atoms with van der Waals surface area (Å²) >= 11 is 0. The van der Waals surface area contributed by atoms with Gasteiger partial charge in [-0.1, -0.05) is 37.3 Å². The molecule has 1 aromatic heterocycles. The fourth-order valence-electron chi connectivity index (χ4n) is 3.52. The zero-order valence-corrected chi connectivity index (χ0v) is 17.6. The van der Waals surface area contributed by atoms with Gasteiger partial charge in [0.25, 0.3) is 5.91 Å². The number of piperidine rings is 1. The first-order valence-corrected chi connectivity index (χ1v) is 9.25. The maximum absolute atomic E-state index is 13.2. The number of amides is 1. The summed E-state index contributed by atoms with van der Waals surface area (Å²) < 4.78 is 0. The summed E-state index contributed by atoms with van der Waals surface area (Å²) in [6.45, 7) is 6.85. The molecule has 0 saturated carbocycles. The Kier molecular flexibility index (Phi) is 9.78. The van der Waals surface area contributed by atoms with Gasteiger partial charge in [-0.3, -0.25) is 9.78 Å². The number of nitrogens with zero attached hydrogens (tertiary/aromatic N) is 2. The van der Waals surface area contributed by atoms with Gasteiger partial charge in [0, 0.05) is 18.2 Å². The molecule has 3 rings (SSSR count). The number of halogens is 2. The van der Waals surface area contributed by atoms with Crippen molar-refractivity contribution in [3.05, 3.63) is 53.7 Å². The first-order valence-electron chi connectivity index (χ1n) is 9.25. The van der Waals surface area contributed by atoms with Gasteiger partial charge in [0.2, 0.25) is 0 Å². The number of hydrogen-bond donors (Lipinski definition) is 1. The highest BCUT2D eigenvalue weighted by Crippen LogP contribution is 2.21. The summed E-state index contributed by atoms with van der Waals surface area (Å²) in [5.41, 5.74) is 3.53. The Morgan fingerprint density at radius 3 is 2.37 bits per heavy atom. The normalized spacial score (nSPS) is 14.0.